The number of benzene rings is 2. The lowest BCUT2D eigenvalue weighted by molar-refractivity contribution is -0.113. The van der Waals surface area contributed by atoms with Gasteiger partial charge in [0.25, 0.3) is 5.95 Å². The van der Waals surface area contributed by atoms with Crippen LogP contribution in [0.4, 0.5) is 11.6 Å². The Balaban J connectivity index is 1.52. The summed E-state index contributed by atoms with van der Waals surface area (Å²) in [5.41, 5.74) is 6.63. The fraction of sp³-hybridized carbons (Fsp3) is 0.158. The van der Waals surface area contributed by atoms with Gasteiger partial charge in [-0.3, -0.25) is 4.79 Å². The molecule has 1 amide bonds. The van der Waals surface area contributed by atoms with Gasteiger partial charge in [0.2, 0.25) is 11.1 Å². The summed E-state index contributed by atoms with van der Waals surface area (Å²) in [6.07, 6.45) is 1.61. The monoisotopic (exact) mass is 429 g/mol. The van der Waals surface area contributed by atoms with Crippen LogP contribution in [0.2, 0.25) is 5.02 Å². The molecule has 0 aliphatic rings. The number of aryl methyl sites for hydroxylation is 2. The Hall–Kier alpha value is -3.04. The molecule has 4 N–H and O–H groups in total. The van der Waals surface area contributed by atoms with E-state index in [1.165, 1.54) is 22.0 Å². The van der Waals surface area contributed by atoms with Crippen molar-refractivity contribution in [2.45, 2.75) is 19.0 Å². The normalized spacial score (nSPS) is 11.0. The Bertz CT molecular complexity index is 1030. The fourth-order valence-electron chi connectivity index (χ4n) is 2.31. The number of halogens is 1. The van der Waals surface area contributed by atoms with Gasteiger partial charge in [0.15, 0.2) is 0 Å². The van der Waals surface area contributed by atoms with E-state index in [1.54, 1.807) is 18.3 Å². The summed E-state index contributed by atoms with van der Waals surface area (Å²) in [6, 6.07) is 13.0. The summed E-state index contributed by atoms with van der Waals surface area (Å²) in [6.45, 7) is 4.02. The number of nitrogen functional groups attached to an aromatic ring is 1. The average molecular weight is 430 g/mol. The highest BCUT2D eigenvalue weighted by Crippen LogP contribution is 2.18. The van der Waals surface area contributed by atoms with E-state index in [-0.39, 0.29) is 17.6 Å². The minimum absolute atomic E-state index is 0.149. The third-order valence-corrected chi connectivity index (χ3v) is 5.23. The standard InChI is InChI=1S/C19H20ClN7OS/c1-12-3-8-16(9-13(12)2)23-17(28)11-29-19-26-25-18(27(19)21)24-22-10-14-4-6-15(20)7-5-14/h3-10H,11,21H2,1-2H3,(H,23,28)(H,24,25)/b22-10+. The highest BCUT2D eigenvalue weighted by Gasteiger charge is 2.12. The molecule has 8 nitrogen and oxygen atoms in total. The van der Waals surface area contributed by atoms with Crippen LogP contribution in [0.3, 0.4) is 0 Å². The first-order valence-electron chi connectivity index (χ1n) is 8.67. The van der Waals surface area contributed by atoms with Crippen LogP contribution in [-0.4, -0.2) is 32.7 Å². The molecule has 1 heterocycles. The number of rotatable bonds is 7. The van der Waals surface area contributed by atoms with Gasteiger partial charge in [-0.2, -0.15) is 5.10 Å². The molecule has 2 aromatic carbocycles. The van der Waals surface area contributed by atoms with Crippen LogP contribution in [0.15, 0.2) is 52.7 Å². The van der Waals surface area contributed by atoms with Crippen LogP contribution in [-0.2, 0) is 4.79 Å². The molecule has 10 heteroatoms. The third-order valence-electron chi connectivity index (χ3n) is 4.04. The van der Waals surface area contributed by atoms with Crippen molar-refractivity contribution in [2.24, 2.45) is 5.10 Å². The molecule has 0 atom stereocenters. The number of nitrogens with one attached hydrogen (secondary N) is 2. The van der Waals surface area contributed by atoms with E-state index in [4.69, 9.17) is 17.4 Å². The number of carbonyl (C=O) groups excluding carboxylic acids is 1. The molecule has 0 bridgehead atoms. The van der Waals surface area contributed by atoms with Crippen molar-refractivity contribution in [2.75, 3.05) is 22.3 Å². The number of hydrogen-bond donors (Lipinski definition) is 3. The van der Waals surface area contributed by atoms with Crippen molar-refractivity contribution in [3.63, 3.8) is 0 Å². The summed E-state index contributed by atoms with van der Waals surface area (Å²) in [4.78, 5) is 12.2. The van der Waals surface area contributed by atoms with Crippen molar-refractivity contribution in [3.8, 4) is 0 Å². The highest BCUT2D eigenvalue weighted by atomic mass is 35.5. The SMILES string of the molecule is Cc1ccc(NC(=O)CSc2nnc(N/N=C/c3ccc(Cl)cc3)n2N)cc1C. The Labute approximate surface area is 177 Å². The Kier molecular flexibility index (Phi) is 6.73. The van der Waals surface area contributed by atoms with Gasteiger partial charge >= 0.3 is 0 Å². The predicted octanol–water partition coefficient (Wildman–Crippen LogP) is 3.44. The maximum Gasteiger partial charge on any atom is 0.264 e. The number of amides is 1. The van der Waals surface area contributed by atoms with Crippen molar-refractivity contribution >= 4 is 47.1 Å². The number of thioether (sulfide) groups is 1. The summed E-state index contributed by atoms with van der Waals surface area (Å²) in [7, 11) is 0. The van der Waals surface area contributed by atoms with Crippen molar-refractivity contribution < 1.29 is 4.79 Å². The van der Waals surface area contributed by atoms with E-state index in [0.717, 1.165) is 16.8 Å². The summed E-state index contributed by atoms with van der Waals surface area (Å²) in [5, 5.41) is 15.9. The van der Waals surface area contributed by atoms with E-state index >= 15 is 0 Å². The van der Waals surface area contributed by atoms with Gasteiger partial charge in [-0.1, -0.05) is 41.6 Å². The maximum atomic E-state index is 12.2. The van der Waals surface area contributed by atoms with Gasteiger partial charge in [-0.05, 0) is 54.8 Å². The van der Waals surface area contributed by atoms with Crippen LogP contribution in [0.25, 0.3) is 0 Å². The molecule has 3 rings (SSSR count). The largest absolute Gasteiger partial charge is 0.334 e. The number of nitrogens with zero attached hydrogens (tertiary/aromatic N) is 4. The van der Waals surface area contributed by atoms with E-state index in [2.05, 4.69) is 26.0 Å². The van der Waals surface area contributed by atoms with Crippen molar-refractivity contribution in [1.82, 2.24) is 14.9 Å². The molecule has 0 aliphatic carbocycles. The first-order valence-corrected chi connectivity index (χ1v) is 10.0. The van der Waals surface area contributed by atoms with E-state index in [9.17, 15) is 4.79 Å². The van der Waals surface area contributed by atoms with Crippen LogP contribution in [0.5, 0.6) is 0 Å². The maximum absolute atomic E-state index is 12.2. The molecule has 0 spiro atoms. The third kappa shape index (κ3) is 5.72. The predicted molar refractivity (Wildman–Crippen MR) is 118 cm³/mol. The van der Waals surface area contributed by atoms with Crippen LogP contribution < -0.4 is 16.6 Å². The molecule has 0 saturated heterocycles. The Morgan fingerprint density at radius 3 is 2.69 bits per heavy atom. The van der Waals surface area contributed by atoms with Crippen LogP contribution >= 0.6 is 23.4 Å². The molecule has 0 radical (unpaired) electrons. The molecule has 3 aromatic rings. The second-order valence-corrected chi connectivity index (χ2v) is 7.61. The average Bonchev–Trinajstić information content (AvgIpc) is 3.04. The van der Waals surface area contributed by atoms with Crippen LogP contribution in [0, 0.1) is 13.8 Å². The Morgan fingerprint density at radius 2 is 1.97 bits per heavy atom. The molecule has 0 unspecified atom stereocenters. The van der Waals surface area contributed by atoms with Gasteiger partial charge in [-0.15, -0.1) is 10.2 Å². The molecule has 29 heavy (non-hydrogen) atoms. The van der Waals surface area contributed by atoms with Crippen molar-refractivity contribution in [3.05, 3.63) is 64.2 Å². The summed E-state index contributed by atoms with van der Waals surface area (Å²) < 4.78 is 1.24. The quantitative estimate of drug-likeness (QED) is 0.229. The molecule has 0 saturated carbocycles. The molecule has 0 fully saturated rings. The molecule has 1 aromatic heterocycles. The number of hydrazone groups is 1. The minimum atomic E-state index is -0.156. The first-order chi connectivity index (χ1) is 13.9. The number of hydrogen-bond acceptors (Lipinski definition) is 7. The zero-order chi connectivity index (χ0) is 20.8. The van der Waals surface area contributed by atoms with E-state index < -0.39 is 0 Å². The highest BCUT2D eigenvalue weighted by molar-refractivity contribution is 7.99. The lowest BCUT2D eigenvalue weighted by Crippen LogP contribution is -2.17. The lowest BCUT2D eigenvalue weighted by Gasteiger charge is -2.07. The lowest BCUT2D eigenvalue weighted by atomic mass is 10.1. The van der Waals surface area contributed by atoms with Gasteiger partial charge < -0.3 is 11.2 Å². The minimum Gasteiger partial charge on any atom is -0.334 e. The molecule has 0 aliphatic heterocycles. The van der Waals surface area contributed by atoms with E-state index in [1.807, 2.05) is 44.2 Å². The van der Waals surface area contributed by atoms with Gasteiger partial charge in [0, 0.05) is 10.7 Å². The van der Waals surface area contributed by atoms with Crippen LogP contribution in [0.1, 0.15) is 16.7 Å². The number of nitrogens with two attached hydrogens (primary N) is 1. The van der Waals surface area contributed by atoms with Crippen molar-refractivity contribution in [1.29, 1.82) is 0 Å². The molecule has 150 valence electrons. The van der Waals surface area contributed by atoms with Gasteiger partial charge in [0.1, 0.15) is 0 Å². The smallest absolute Gasteiger partial charge is 0.264 e. The number of carbonyl (C=O) groups is 1. The second kappa shape index (κ2) is 9.44. The molecular formula is C19H20ClN7OS. The fourth-order valence-corrected chi connectivity index (χ4v) is 3.09. The van der Waals surface area contributed by atoms with E-state index in [0.29, 0.717) is 10.2 Å². The zero-order valence-corrected chi connectivity index (χ0v) is 17.5. The summed E-state index contributed by atoms with van der Waals surface area (Å²) in [5.74, 6) is 6.21. The second-order valence-electron chi connectivity index (χ2n) is 6.23. The first kappa shape index (κ1) is 20.7. The topological polar surface area (TPSA) is 110 Å². The number of aromatic nitrogens is 3. The summed E-state index contributed by atoms with van der Waals surface area (Å²) >= 11 is 7.03. The van der Waals surface area contributed by atoms with Gasteiger partial charge in [-0.25, -0.2) is 10.1 Å². The molecular weight excluding hydrogens is 410 g/mol. The van der Waals surface area contributed by atoms with Gasteiger partial charge in [0.05, 0.1) is 12.0 Å². The zero-order valence-electron chi connectivity index (χ0n) is 15.9. The number of anilines is 2. The Morgan fingerprint density at radius 1 is 1.21 bits per heavy atom.